The average Bonchev–Trinajstić information content (AvgIpc) is 2.49. The minimum absolute atomic E-state index is 0.218. The lowest BCUT2D eigenvalue weighted by molar-refractivity contribution is 0.0977. The SMILES string of the molecule is CC(C)c1ccc(C(=O)NC(=S)Nc2ccc(Br)cc2)cc1. The molecule has 0 spiro atoms. The number of carbonyl (C=O) groups is 1. The Kier molecular flexibility index (Phi) is 5.69. The van der Waals surface area contributed by atoms with Gasteiger partial charge in [-0.2, -0.15) is 0 Å². The fourth-order valence-electron chi connectivity index (χ4n) is 1.89. The van der Waals surface area contributed by atoms with Gasteiger partial charge in [0.2, 0.25) is 0 Å². The van der Waals surface area contributed by atoms with Gasteiger partial charge in [-0.05, 0) is 60.1 Å². The van der Waals surface area contributed by atoms with Gasteiger partial charge in [-0.3, -0.25) is 10.1 Å². The average molecular weight is 377 g/mol. The van der Waals surface area contributed by atoms with E-state index in [0.717, 1.165) is 10.2 Å². The van der Waals surface area contributed by atoms with Crippen LogP contribution in [0.1, 0.15) is 35.7 Å². The Labute approximate surface area is 144 Å². The summed E-state index contributed by atoms with van der Waals surface area (Å²) in [7, 11) is 0. The van der Waals surface area contributed by atoms with E-state index in [1.807, 2.05) is 48.5 Å². The van der Waals surface area contributed by atoms with Crippen LogP contribution < -0.4 is 10.6 Å². The van der Waals surface area contributed by atoms with E-state index in [9.17, 15) is 4.79 Å². The van der Waals surface area contributed by atoms with Crippen LogP contribution in [0.3, 0.4) is 0 Å². The molecule has 0 radical (unpaired) electrons. The highest BCUT2D eigenvalue weighted by atomic mass is 79.9. The van der Waals surface area contributed by atoms with E-state index in [0.29, 0.717) is 11.5 Å². The number of carbonyl (C=O) groups excluding carboxylic acids is 1. The van der Waals surface area contributed by atoms with Crippen molar-refractivity contribution < 1.29 is 4.79 Å². The maximum atomic E-state index is 12.1. The predicted molar refractivity (Wildman–Crippen MR) is 98.4 cm³/mol. The van der Waals surface area contributed by atoms with Crippen LogP contribution in [-0.4, -0.2) is 11.0 Å². The van der Waals surface area contributed by atoms with E-state index >= 15 is 0 Å². The summed E-state index contributed by atoms with van der Waals surface area (Å²) in [4.78, 5) is 12.1. The Morgan fingerprint density at radius 3 is 2.18 bits per heavy atom. The van der Waals surface area contributed by atoms with E-state index < -0.39 is 0 Å². The van der Waals surface area contributed by atoms with E-state index in [-0.39, 0.29) is 11.0 Å². The molecule has 114 valence electrons. The topological polar surface area (TPSA) is 41.1 Å². The molecule has 0 fully saturated rings. The second kappa shape index (κ2) is 7.51. The summed E-state index contributed by atoms with van der Waals surface area (Å²) in [5.41, 5.74) is 2.61. The molecule has 0 aromatic heterocycles. The molecule has 0 heterocycles. The second-order valence-electron chi connectivity index (χ2n) is 5.19. The number of amides is 1. The molecule has 0 aliphatic carbocycles. The number of hydrogen-bond donors (Lipinski definition) is 2. The summed E-state index contributed by atoms with van der Waals surface area (Å²) in [6.45, 7) is 4.23. The van der Waals surface area contributed by atoms with Crippen molar-refractivity contribution in [2.75, 3.05) is 5.32 Å². The molecule has 2 N–H and O–H groups in total. The molecule has 0 saturated carbocycles. The molecule has 3 nitrogen and oxygen atoms in total. The van der Waals surface area contributed by atoms with E-state index in [2.05, 4.69) is 40.4 Å². The van der Waals surface area contributed by atoms with Gasteiger partial charge >= 0.3 is 0 Å². The van der Waals surface area contributed by atoms with Crippen LogP contribution >= 0.6 is 28.1 Å². The summed E-state index contributed by atoms with van der Waals surface area (Å²) in [6.07, 6.45) is 0. The van der Waals surface area contributed by atoms with Crippen molar-refractivity contribution >= 4 is 44.9 Å². The fourth-order valence-corrected chi connectivity index (χ4v) is 2.37. The van der Waals surface area contributed by atoms with Gasteiger partial charge in [-0.15, -0.1) is 0 Å². The second-order valence-corrected chi connectivity index (χ2v) is 6.52. The minimum atomic E-state index is -0.218. The van der Waals surface area contributed by atoms with Gasteiger partial charge in [0.25, 0.3) is 5.91 Å². The Morgan fingerprint density at radius 1 is 1.05 bits per heavy atom. The van der Waals surface area contributed by atoms with Crippen LogP contribution in [0.25, 0.3) is 0 Å². The number of benzene rings is 2. The van der Waals surface area contributed by atoms with Crippen LogP contribution in [-0.2, 0) is 0 Å². The van der Waals surface area contributed by atoms with Gasteiger partial charge in [0.05, 0.1) is 0 Å². The van der Waals surface area contributed by atoms with Crippen molar-refractivity contribution in [3.63, 3.8) is 0 Å². The smallest absolute Gasteiger partial charge is 0.257 e. The van der Waals surface area contributed by atoms with Gasteiger partial charge in [-0.25, -0.2) is 0 Å². The lowest BCUT2D eigenvalue weighted by Crippen LogP contribution is -2.34. The summed E-state index contributed by atoms with van der Waals surface area (Å²) in [6, 6.07) is 15.1. The highest BCUT2D eigenvalue weighted by Crippen LogP contribution is 2.15. The lowest BCUT2D eigenvalue weighted by Gasteiger charge is -2.10. The molecule has 2 aromatic carbocycles. The minimum Gasteiger partial charge on any atom is -0.332 e. The number of rotatable bonds is 3. The molecule has 0 unspecified atom stereocenters. The highest BCUT2D eigenvalue weighted by Gasteiger charge is 2.08. The molecular formula is C17H17BrN2OS. The number of thiocarbonyl (C=S) groups is 1. The van der Waals surface area contributed by atoms with Crippen LogP contribution in [0.2, 0.25) is 0 Å². The first-order chi connectivity index (χ1) is 10.5. The lowest BCUT2D eigenvalue weighted by atomic mass is 10.0. The summed E-state index contributed by atoms with van der Waals surface area (Å²) < 4.78 is 0.984. The molecule has 2 rings (SSSR count). The monoisotopic (exact) mass is 376 g/mol. The molecule has 0 bridgehead atoms. The van der Waals surface area contributed by atoms with Crippen LogP contribution in [0.5, 0.6) is 0 Å². The van der Waals surface area contributed by atoms with Gasteiger partial charge in [0, 0.05) is 15.7 Å². The largest absolute Gasteiger partial charge is 0.332 e. The van der Waals surface area contributed by atoms with Gasteiger partial charge < -0.3 is 5.32 Å². The van der Waals surface area contributed by atoms with E-state index in [4.69, 9.17) is 12.2 Å². The van der Waals surface area contributed by atoms with Gasteiger partial charge in [0.15, 0.2) is 5.11 Å². The Bertz CT molecular complexity index is 666. The van der Waals surface area contributed by atoms with Crippen LogP contribution in [0.4, 0.5) is 5.69 Å². The summed E-state index contributed by atoms with van der Waals surface area (Å²) in [5, 5.41) is 5.93. The van der Waals surface area contributed by atoms with Crippen LogP contribution in [0, 0.1) is 0 Å². The zero-order valence-corrected chi connectivity index (χ0v) is 14.8. The zero-order valence-electron chi connectivity index (χ0n) is 12.4. The van der Waals surface area contributed by atoms with Gasteiger partial charge in [0.1, 0.15) is 0 Å². The number of anilines is 1. The number of halogens is 1. The highest BCUT2D eigenvalue weighted by molar-refractivity contribution is 9.10. The molecule has 0 saturated heterocycles. The van der Waals surface area contributed by atoms with Gasteiger partial charge in [-0.1, -0.05) is 41.9 Å². The third-order valence-electron chi connectivity index (χ3n) is 3.17. The van der Waals surface area contributed by atoms with Crippen molar-refractivity contribution in [2.45, 2.75) is 19.8 Å². The van der Waals surface area contributed by atoms with Crippen molar-refractivity contribution in [1.29, 1.82) is 0 Å². The maximum absolute atomic E-state index is 12.1. The predicted octanol–water partition coefficient (Wildman–Crippen LogP) is 4.70. The van der Waals surface area contributed by atoms with Crippen molar-refractivity contribution in [2.24, 2.45) is 0 Å². The molecule has 0 atom stereocenters. The zero-order chi connectivity index (χ0) is 16.1. The Balaban J connectivity index is 1.96. The maximum Gasteiger partial charge on any atom is 0.257 e. The standard InChI is InChI=1S/C17H17BrN2OS/c1-11(2)12-3-5-13(6-4-12)16(21)20-17(22)19-15-9-7-14(18)8-10-15/h3-11H,1-2H3,(H2,19,20,21,22). The first-order valence-corrected chi connectivity index (χ1v) is 8.13. The number of hydrogen-bond acceptors (Lipinski definition) is 2. The molecular weight excluding hydrogens is 360 g/mol. The third kappa shape index (κ3) is 4.64. The summed E-state index contributed by atoms with van der Waals surface area (Å²) >= 11 is 8.53. The quantitative estimate of drug-likeness (QED) is 0.762. The van der Waals surface area contributed by atoms with E-state index in [1.54, 1.807) is 0 Å². The first kappa shape index (κ1) is 16.6. The summed E-state index contributed by atoms with van der Waals surface area (Å²) in [5.74, 6) is 0.224. The molecule has 0 aliphatic heterocycles. The molecule has 22 heavy (non-hydrogen) atoms. The van der Waals surface area contributed by atoms with Crippen molar-refractivity contribution in [3.8, 4) is 0 Å². The Hall–Kier alpha value is -1.72. The fraction of sp³-hybridized carbons (Fsp3) is 0.176. The normalized spacial score (nSPS) is 10.4. The number of nitrogens with one attached hydrogen (secondary N) is 2. The Morgan fingerprint density at radius 2 is 1.64 bits per heavy atom. The molecule has 0 aliphatic rings. The third-order valence-corrected chi connectivity index (χ3v) is 3.90. The molecule has 1 amide bonds. The van der Waals surface area contributed by atoms with E-state index in [1.165, 1.54) is 5.56 Å². The first-order valence-electron chi connectivity index (χ1n) is 6.93. The van der Waals surface area contributed by atoms with Crippen molar-refractivity contribution in [1.82, 2.24) is 5.32 Å². The van der Waals surface area contributed by atoms with Crippen LogP contribution in [0.15, 0.2) is 53.0 Å². The molecule has 5 heteroatoms. The van der Waals surface area contributed by atoms with Crippen molar-refractivity contribution in [3.05, 3.63) is 64.1 Å². The molecule has 2 aromatic rings.